The van der Waals surface area contributed by atoms with Gasteiger partial charge < -0.3 is 0 Å². The summed E-state index contributed by atoms with van der Waals surface area (Å²) in [4.78, 5) is 0. The number of aliphatic hydroxyl groups excluding tert-OH is 4. The van der Waals surface area contributed by atoms with Crippen molar-refractivity contribution in [1.29, 1.82) is 0 Å². The van der Waals surface area contributed by atoms with Gasteiger partial charge in [0, 0.05) is 0 Å². The minimum atomic E-state index is -1.23. The molecular formula is C6H11HgO5S. The fraction of sp³-hybridized carbons (Fsp3) is 1.00. The van der Waals surface area contributed by atoms with E-state index in [1.807, 2.05) is 0 Å². The van der Waals surface area contributed by atoms with Crippen molar-refractivity contribution in [3.05, 3.63) is 0 Å². The van der Waals surface area contributed by atoms with Crippen LogP contribution in [0.25, 0.3) is 0 Å². The van der Waals surface area contributed by atoms with Crippen molar-refractivity contribution >= 4 is 8.24 Å². The normalized spacial score (nSPS) is 46.5. The van der Waals surface area contributed by atoms with Crippen LogP contribution in [0.4, 0.5) is 0 Å². The van der Waals surface area contributed by atoms with Gasteiger partial charge in [0.2, 0.25) is 0 Å². The van der Waals surface area contributed by atoms with Gasteiger partial charge in [-0.15, -0.1) is 0 Å². The summed E-state index contributed by atoms with van der Waals surface area (Å²) in [6.07, 6.45) is -4.30. The molecule has 0 aromatic carbocycles. The van der Waals surface area contributed by atoms with Crippen LogP contribution in [0.2, 0.25) is 0 Å². The Balaban J connectivity index is 2.66. The maximum absolute atomic E-state index is 9.41. The molecule has 0 aromatic heterocycles. The fourth-order valence-electron chi connectivity index (χ4n) is 1.21. The second kappa shape index (κ2) is 5.25. The number of rotatable bonds is 2. The van der Waals surface area contributed by atoms with Crippen LogP contribution in [0.3, 0.4) is 0 Å². The van der Waals surface area contributed by atoms with E-state index in [4.69, 9.17) is 9.84 Å². The first-order chi connectivity index (χ1) is 6.11. The van der Waals surface area contributed by atoms with Crippen molar-refractivity contribution in [3.63, 3.8) is 0 Å². The summed E-state index contributed by atoms with van der Waals surface area (Å²) in [5.41, 5.74) is -0.515. The van der Waals surface area contributed by atoms with Gasteiger partial charge in [0.05, 0.1) is 0 Å². The first-order valence-electron chi connectivity index (χ1n) is 3.83. The molecule has 0 aromatic rings. The van der Waals surface area contributed by atoms with E-state index >= 15 is 0 Å². The van der Waals surface area contributed by atoms with Crippen molar-refractivity contribution in [1.82, 2.24) is 0 Å². The molecule has 5 nitrogen and oxygen atoms in total. The molecule has 0 radical (unpaired) electrons. The van der Waals surface area contributed by atoms with Crippen molar-refractivity contribution in [2.45, 2.75) is 29.9 Å². The Labute approximate surface area is 94.2 Å². The molecule has 1 aliphatic rings. The molecule has 1 saturated heterocycles. The van der Waals surface area contributed by atoms with Gasteiger partial charge in [0.25, 0.3) is 0 Å². The van der Waals surface area contributed by atoms with Gasteiger partial charge >= 0.3 is 94.5 Å². The first-order valence-corrected chi connectivity index (χ1v) is 11.6. The summed E-state index contributed by atoms with van der Waals surface area (Å²) < 4.78 is 5.18. The zero-order chi connectivity index (χ0) is 10.0. The molecule has 1 aliphatic heterocycles. The molecule has 73 valence electrons. The van der Waals surface area contributed by atoms with Crippen LogP contribution in [0, 0.1) is 0 Å². The Morgan fingerprint density at radius 1 is 1.15 bits per heavy atom. The van der Waals surface area contributed by atoms with Gasteiger partial charge in [-0.3, -0.25) is 0 Å². The average Bonchev–Trinajstić information content (AvgIpc) is 2.15. The Hall–Kier alpha value is 1.09. The van der Waals surface area contributed by atoms with E-state index in [9.17, 15) is 15.3 Å². The number of hydrogen-bond acceptors (Lipinski definition) is 6. The van der Waals surface area contributed by atoms with Gasteiger partial charge in [0.15, 0.2) is 0 Å². The first kappa shape index (κ1) is 12.2. The second-order valence-electron chi connectivity index (χ2n) is 2.86. The molecule has 0 bridgehead atoms. The molecule has 1 rings (SSSR count). The van der Waals surface area contributed by atoms with Gasteiger partial charge in [-0.05, 0) is 0 Å². The third kappa shape index (κ3) is 2.56. The Morgan fingerprint density at radius 2 is 1.77 bits per heavy atom. The van der Waals surface area contributed by atoms with Gasteiger partial charge in [-0.1, -0.05) is 0 Å². The van der Waals surface area contributed by atoms with E-state index in [0.29, 0.717) is 24.6 Å². The molecule has 7 heteroatoms. The van der Waals surface area contributed by atoms with Crippen LogP contribution in [-0.2, 0) is 29.3 Å². The Kier molecular flexibility index (Phi) is 4.91. The SMILES string of the molecule is OC[C@H]1O[C@@H]([S][Hg])[C@H](O)[C@@H](O)[C@@H]1O. The van der Waals surface area contributed by atoms with Gasteiger partial charge in [-0.2, -0.15) is 0 Å². The molecular weight excluding hydrogens is 385 g/mol. The average molecular weight is 396 g/mol. The standard InChI is InChI=1S/C6H12O5S.Hg/c7-1-2-3(8)4(9)5(10)6(12)11-2;/h2-10,12H,1H2;/q;+1/p-1/t2-,3-,4+,5-,6+;/m1./s1. The molecule has 0 amide bonds. The molecule has 13 heavy (non-hydrogen) atoms. The summed E-state index contributed by atoms with van der Waals surface area (Å²) in [6.45, 7) is -0.351. The van der Waals surface area contributed by atoms with Crippen LogP contribution < -0.4 is 0 Å². The van der Waals surface area contributed by atoms with Gasteiger partial charge in [0.1, 0.15) is 0 Å². The quantitative estimate of drug-likeness (QED) is 0.404. The number of hydrogen-bond donors (Lipinski definition) is 4. The van der Waals surface area contributed by atoms with E-state index in [1.165, 1.54) is 8.24 Å². The molecule has 0 unspecified atom stereocenters. The molecule has 1 fully saturated rings. The van der Waals surface area contributed by atoms with E-state index in [2.05, 4.69) is 0 Å². The third-order valence-electron chi connectivity index (χ3n) is 2.01. The van der Waals surface area contributed by atoms with Crippen LogP contribution in [0.15, 0.2) is 0 Å². The monoisotopic (exact) mass is 397 g/mol. The minimum absolute atomic E-state index is 0.351. The molecule has 4 N–H and O–H groups in total. The van der Waals surface area contributed by atoms with Crippen molar-refractivity contribution in [2.75, 3.05) is 6.61 Å². The molecule has 1 heterocycles. The van der Waals surface area contributed by atoms with Gasteiger partial charge in [-0.25, -0.2) is 0 Å². The predicted octanol–water partition coefficient (Wildman–Crippen LogP) is -2.02. The fourth-order valence-corrected chi connectivity index (χ4v) is 5.00. The van der Waals surface area contributed by atoms with Crippen molar-refractivity contribution < 1.29 is 49.8 Å². The van der Waals surface area contributed by atoms with Crippen molar-refractivity contribution in [2.24, 2.45) is 0 Å². The molecule has 0 saturated carbocycles. The van der Waals surface area contributed by atoms with Crippen molar-refractivity contribution in [3.8, 4) is 0 Å². The summed E-state index contributed by atoms with van der Waals surface area (Å²) in [6, 6.07) is 0. The van der Waals surface area contributed by atoms with Crippen LogP contribution in [-0.4, -0.2) is 56.9 Å². The summed E-state index contributed by atoms with van der Waals surface area (Å²) in [5, 5.41) is 36.9. The van der Waals surface area contributed by atoms with E-state index in [0.717, 1.165) is 0 Å². The Morgan fingerprint density at radius 3 is 2.23 bits per heavy atom. The Bertz CT molecular complexity index is 151. The van der Waals surface area contributed by atoms with E-state index in [1.54, 1.807) is 0 Å². The predicted molar refractivity (Wildman–Crippen MR) is 41.4 cm³/mol. The van der Waals surface area contributed by atoms with Crippen LogP contribution in [0.5, 0.6) is 0 Å². The molecule has 5 atom stereocenters. The zero-order valence-corrected chi connectivity index (χ0v) is 13.2. The number of aliphatic hydroxyl groups is 4. The van der Waals surface area contributed by atoms with Crippen LogP contribution in [0.1, 0.15) is 0 Å². The molecule has 0 spiro atoms. The van der Waals surface area contributed by atoms with E-state index in [-0.39, 0.29) is 6.61 Å². The number of ether oxygens (including phenoxy) is 1. The zero-order valence-electron chi connectivity index (χ0n) is 6.91. The third-order valence-corrected chi connectivity index (χ3v) is 6.56. The molecule has 0 aliphatic carbocycles. The summed E-state index contributed by atoms with van der Waals surface area (Å²) >= 11 is 0.369. The van der Waals surface area contributed by atoms with E-state index < -0.39 is 29.9 Å². The summed E-state index contributed by atoms with van der Waals surface area (Å²) in [7, 11) is 1.42. The van der Waals surface area contributed by atoms with Crippen LogP contribution >= 0.6 is 8.24 Å². The second-order valence-corrected chi connectivity index (χ2v) is 7.55. The summed E-state index contributed by atoms with van der Waals surface area (Å²) in [5.74, 6) is 0. The maximum atomic E-state index is 9.41. The topological polar surface area (TPSA) is 90.2 Å².